The number of hydrogen-bond acceptors (Lipinski definition) is 2. The second kappa shape index (κ2) is 1.49. The second-order valence-electron chi connectivity index (χ2n) is 2.53. The maximum absolute atomic E-state index is 10.7. The van der Waals surface area contributed by atoms with Gasteiger partial charge in [0.25, 0.3) is 0 Å². The monoisotopic (exact) mass is 126 g/mol. The van der Waals surface area contributed by atoms with Crippen LogP contribution >= 0.6 is 0 Å². The number of amides is 3. The SMILES string of the molecule is BC1(C)NC(=O)NC1=O. The molecule has 5 heteroatoms. The molecule has 4 nitrogen and oxygen atoms in total. The lowest BCUT2D eigenvalue weighted by molar-refractivity contribution is -0.121. The summed E-state index contributed by atoms with van der Waals surface area (Å²) in [6.07, 6.45) is 0. The van der Waals surface area contributed by atoms with E-state index in [-0.39, 0.29) is 5.91 Å². The molecule has 48 valence electrons. The first-order chi connectivity index (χ1) is 4.02. The fourth-order valence-corrected chi connectivity index (χ4v) is 0.631. The highest BCUT2D eigenvalue weighted by Crippen LogP contribution is 2.01. The Kier molecular flexibility index (Phi) is 1.02. The Balaban J connectivity index is 2.81. The highest BCUT2D eigenvalue weighted by atomic mass is 16.2. The van der Waals surface area contributed by atoms with Crippen LogP contribution in [0.25, 0.3) is 0 Å². The van der Waals surface area contributed by atoms with E-state index in [1.807, 2.05) is 0 Å². The van der Waals surface area contributed by atoms with Crippen molar-refractivity contribution < 1.29 is 9.59 Å². The predicted molar refractivity (Wildman–Crippen MR) is 33.6 cm³/mol. The van der Waals surface area contributed by atoms with Gasteiger partial charge in [-0.1, -0.05) is 0 Å². The Morgan fingerprint density at radius 1 is 1.56 bits per heavy atom. The molecule has 1 rings (SSSR count). The second-order valence-corrected chi connectivity index (χ2v) is 2.53. The van der Waals surface area contributed by atoms with Gasteiger partial charge >= 0.3 is 6.03 Å². The topological polar surface area (TPSA) is 58.2 Å². The fraction of sp³-hybridized carbons (Fsp3) is 0.500. The van der Waals surface area contributed by atoms with Crippen LogP contribution in [0.1, 0.15) is 6.92 Å². The summed E-state index contributed by atoms with van der Waals surface area (Å²) in [7, 11) is 1.65. The van der Waals surface area contributed by atoms with Crippen molar-refractivity contribution in [2.45, 2.75) is 12.4 Å². The van der Waals surface area contributed by atoms with Gasteiger partial charge in [0.1, 0.15) is 7.85 Å². The number of carbonyl (C=O) groups is 2. The highest BCUT2D eigenvalue weighted by Gasteiger charge is 2.36. The zero-order valence-corrected chi connectivity index (χ0v) is 5.32. The van der Waals surface area contributed by atoms with Crippen molar-refractivity contribution in [3.8, 4) is 0 Å². The van der Waals surface area contributed by atoms with E-state index in [2.05, 4.69) is 10.6 Å². The Morgan fingerprint density at radius 2 is 2.11 bits per heavy atom. The van der Waals surface area contributed by atoms with E-state index in [0.717, 1.165) is 0 Å². The molecule has 2 N–H and O–H groups in total. The minimum Gasteiger partial charge on any atom is -0.331 e. The molecule has 0 aliphatic carbocycles. The first-order valence-electron chi connectivity index (χ1n) is 2.66. The van der Waals surface area contributed by atoms with Crippen LogP contribution in [-0.4, -0.2) is 25.2 Å². The number of rotatable bonds is 0. The summed E-state index contributed by atoms with van der Waals surface area (Å²) in [4.78, 5) is 21.1. The summed E-state index contributed by atoms with van der Waals surface area (Å²) in [6.45, 7) is 1.65. The maximum atomic E-state index is 10.7. The molecule has 3 amide bonds. The summed E-state index contributed by atoms with van der Waals surface area (Å²) in [6, 6.07) is -0.412. The molecular weight excluding hydrogens is 119 g/mol. The summed E-state index contributed by atoms with van der Waals surface area (Å²) < 4.78 is 0. The first-order valence-corrected chi connectivity index (χ1v) is 2.66. The molecule has 0 aromatic heterocycles. The van der Waals surface area contributed by atoms with Crippen molar-refractivity contribution in [1.29, 1.82) is 0 Å². The molecule has 1 aliphatic rings. The van der Waals surface area contributed by atoms with E-state index in [4.69, 9.17) is 0 Å². The molecule has 1 unspecified atom stereocenters. The Morgan fingerprint density at radius 3 is 2.22 bits per heavy atom. The quantitative estimate of drug-likeness (QED) is 0.296. The Labute approximate surface area is 53.4 Å². The summed E-state index contributed by atoms with van der Waals surface area (Å²) >= 11 is 0. The van der Waals surface area contributed by atoms with E-state index in [1.54, 1.807) is 14.8 Å². The standard InChI is InChI=1S/C4H7BN2O2/c1-4(5)2(8)6-3(9)7-4/h5H2,1H3,(H2,6,7,8,9). The van der Waals surface area contributed by atoms with Gasteiger partial charge in [-0.25, -0.2) is 4.79 Å². The summed E-state index contributed by atoms with van der Waals surface area (Å²) in [5.41, 5.74) is -0.725. The third-order valence-corrected chi connectivity index (χ3v) is 1.22. The molecule has 1 fully saturated rings. The molecule has 0 aromatic carbocycles. The molecule has 9 heavy (non-hydrogen) atoms. The zero-order valence-electron chi connectivity index (χ0n) is 5.32. The van der Waals surface area contributed by atoms with Gasteiger partial charge in [-0.15, -0.1) is 0 Å². The number of nitrogens with one attached hydrogen (secondary N) is 2. The zero-order chi connectivity index (χ0) is 7.07. The van der Waals surface area contributed by atoms with Gasteiger partial charge in [0.05, 0.1) is 5.44 Å². The number of urea groups is 1. The van der Waals surface area contributed by atoms with Gasteiger partial charge in [0, 0.05) is 0 Å². The largest absolute Gasteiger partial charge is 0.331 e. The van der Waals surface area contributed by atoms with Crippen molar-refractivity contribution in [2.24, 2.45) is 0 Å². The Bertz CT molecular complexity index is 177. The average molecular weight is 126 g/mol. The summed E-state index contributed by atoms with van der Waals surface area (Å²) in [5.74, 6) is -0.271. The Hall–Kier alpha value is -0.995. The van der Waals surface area contributed by atoms with Crippen LogP contribution in [0.5, 0.6) is 0 Å². The maximum Gasteiger partial charge on any atom is 0.321 e. The molecule has 1 atom stereocenters. The van der Waals surface area contributed by atoms with Crippen LogP contribution in [0.15, 0.2) is 0 Å². The molecule has 0 radical (unpaired) electrons. The smallest absolute Gasteiger partial charge is 0.321 e. The van der Waals surface area contributed by atoms with Crippen LogP contribution < -0.4 is 10.6 Å². The van der Waals surface area contributed by atoms with E-state index in [0.29, 0.717) is 0 Å². The van der Waals surface area contributed by atoms with Gasteiger partial charge in [0.2, 0.25) is 5.91 Å². The molecule has 1 aliphatic heterocycles. The van der Waals surface area contributed by atoms with E-state index < -0.39 is 11.5 Å². The average Bonchev–Trinajstić information content (AvgIpc) is 1.79. The van der Waals surface area contributed by atoms with E-state index >= 15 is 0 Å². The lowest BCUT2D eigenvalue weighted by atomic mass is 9.80. The van der Waals surface area contributed by atoms with Gasteiger partial charge in [0.15, 0.2) is 0 Å². The molecule has 1 saturated heterocycles. The van der Waals surface area contributed by atoms with Gasteiger partial charge in [-0.2, -0.15) is 0 Å². The van der Waals surface area contributed by atoms with Crippen LogP contribution in [0.2, 0.25) is 0 Å². The third-order valence-electron chi connectivity index (χ3n) is 1.22. The lowest BCUT2D eigenvalue weighted by Gasteiger charge is -2.11. The molecule has 0 saturated carbocycles. The van der Waals surface area contributed by atoms with Crippen molar-refractivity contribution in [1.82, 2.24) is 10.6 Å². The van der Waals surface area contributed by atoms with E-state index in [1.165, 1.54) is 0 Å². The minimum absolute atomic E-state index is 0.271. The molecule has 0 bridgehead atoms. The molecule has 0 aromatic rings. The summed E-state index contributed by atoms with van der Waals surface area (Å²) in [5, 5.41) is 4.56. The fourth-order valence-electron chi connectivity index (χ4n) is 0.631. The van der Waals surface area contributed by atoms with Gasteiger partial charge in [-0.3, -0.25) is 10.1 Å². The van der Waals surface area contributed by atoms with Gasteiger partial charge in [-0.05, 0) is 6.92 Å². The normalized spacial score (nSPS) is 33.9. The molecule has 0 spiro atoms. The number of hydrogen-bond donors (Lipinski definition) is 2. The molecule has 1 heterocycles. The van der Waals surface area contributed by atoms with Crippen molar-refractivity contribution in [3.05, 3.63) is 0 Å². The van der Waals surface area contributed by atoms with Gasteiger partial charge < -0.3 is 5.32 Å². The van der Waals surface area contributed by atoms with Crippen molar-refractivity contribution >= 4 is 19.8 Å². The highest BCUT2D eigenvalue weighted by molar-refractivity contribution is 6.33. The lowest BCUT2D eigenvalue weighted by Crippen LogP contribution is -2.43. The number of imide groups is 1. The first kappa shape index (κ1) is 6.13. The van der Waals surface area contributed by atoms with Crippen molar-refractivity contribution in [2.75, 3.05) is 0 Å². The third kappa shape index (κ3) is 0.895. The van der Waals surface area contributed by atoms with Crippen molar-refractivity contribution in [3.63, 3.8) is 0 Å². The van der Waals surface area contributed by atoms with Crippen LogP contribution in [0.4, 0.5) is 4.79 Å². The van der Waals surface area contributed by atoms with Crippen LogP contribution in [0.3, 0.4) is 0 Å². The molecular formula is C4H7BN2O2. The predicted octanol–water partition coefficient (Wildman–Crippen LogP) is -1.82. The van der Waals surface area contributed by atoms with Crippen LogP contribution in [-0.2, 0) is 4.79 Å². The minimum atomic E-state index is -0.725. The van der Waals surface area contributed by atoms with Crippen LogP contribution in [0, 0.1) is 0 Å². The van der Waals surface area contributed by atoms with E-state index in [9.17, 15) is 9.59 Å². The number of carbonyl (C=O) groups excluding carboxylic acids is 2.